The highest BCUT2D eigenvalue weighted by Crippen LogP contribution is 2.36. The normalized spacial score (nSPS) is 14.7. The number of halogens is 4. The minimum absolute atomic E-state index is 0.129. The van der Waals surface area contributed by atoms with Gasteiger partial charge in [-0.2, -0.15) is 13.2 Å². The molecule has 0 bridgehead atoms. The molecule has 0 aliphatic carbocycles. The summed E-state index contributed by atoms with van der Waals surface area (Å²) in [4.78, 5) is 35.9. The summed E-state index contributed by atoms with van der Waals surface area (Å²) >= 11 is 5.61. The average molecular weight is 414 g/mol. The fraction of sp³-hybridized carbons (Fsp3) is 0.294. The Morgan fingerprint density at radius 1 is 1.07 bits per heavy atom. The summed E-state index contributed by atoms with van der Waals surface area (Å²) in [6.45, 7) is 1.24. The number of nitrogens with one attached hydrogen (secondary N) is 1. The van der Waals surface area contributed by atoms with Crippen molar-refractivity contribution in [2.75, 3.05) is 36.4 Å². The Bertz CT molecular complexity index is 871. The zero-order valence-corrected chi connectivity index (χ0v) is 15.2. The van der Waals surface area contributed by atoms with E-state index in [0.29, 0.717) is 25.1 Å². The first-order valence-corrected chi connectivity index (χ1v) is 8.62. The number of rotatable bonds is 2. The highest BCUT2D eigenvalue weighted by atomic mass is 35.5. The van der Waals surface area contributed by atoms with Gasteiger partial charge in [0.1, 0.15) is 0 Å². The van der Waals surface area contributed by atoms with Gasteiger partial charge in [-0.15, -0.1) is 0 Å². The standard InChI is InChI=1S/C17H15ClF3N5O2/c18-11-2-3-13(12(10-11)17(19,20)21)24-14(27)15(28)25-6-8-26(9-7-25)16-22-4-1-5-23-16/h1-5,10H,6-9H2,(H,24,27). The molecule has 1 aliphatic rings. The molecule has 3 rings (SSSR count). The molecule has 2 aromatic rings. The number of nitrogens with zero attached hydrogens (tertiary/aromatic N) is 4. The van der Waals surface area contributed by atoms with Crippen molar-refractivity contribution in [1.82, 2.24) is 14.9 Å². The van der Waals surface area contributed by atoms with Crippen molar-refractivity contribution in [3.8, 4) is 0 Å². The number of hydrogen-bond acceptors (Lipinski definition) is 5. The second-order valence-corrected chi connectivity index (χ2v) is 6.41. The van der Waals surface area contributed by atoms with Crippen LogP contribution in [0.15, 0.2) is 36.7 Å². The molecular formula is C17H15ClF3N5O2. The summed E-state index contributed by atoms with van der Waals surface area (Å²) in [5.74, 6) is -1.54. The molecule has 0 radical (unpaired) electrons. The van der Waals surface area contributed by atoms with E-state index in [1.807, 2.05) is 10.2 Å². The molecule has 1 saturated heterocycles. The number of aromatic nitrogens is 2. The quantitative estimate of drug-likeness (QED) is 0.765. The van der Waals surface area contributed by atoms with E-state index in [1.54, 1.807) is 18.5 Å². The minimum Gasteiger partial charge on any atom is -0.337 e. The van der Waals surface area contributed by atoms with Gasteiger partial charge in [0.2, 0.25) is 5.95 Å². The van der Waals surface area contributed by atoms with Crippen LogP contribution in [-0.4, -0.2) is 52.9 Å². The van der Waals surface area contributed by atoms with Gasteiger partial charge in [-0.3, -0.25) is 9.59 Å². The smallest absolute Gasteiger partial charge is 0.337 e. The number of anilines is 2. The summed E-state index contributed by atoms with van der Waals surface area (Å²) in [6.07, 6.45) is -1.53. The molecule has 1 aliphatic heterocycles. The molecule has 2 heterocycles. The van der Waals surface area contributed by atoms with Gasteiger partial charge >= 0.3 is 18.0 Å². The Morgan fingerprint density at radius 2 is 1.71 bits per heavy atom. The lowest BCUT2D eigenvalue weighted by Gasteiger charge is -2.34. The van der Waals surface area contributed by atoms with Crippen LogP contribution >= 0.6 is 11.6 Å². The van der Waals surface area contributed by atoms with E-state index in [4.69, 9.17) is 11.6 Å². The lowest BCUT2D eigenvalue weighted by atomic mass is 10.1. The van der Waals surface area contributed by atoms with Crippen molar-refractivity contribution in [2.45, 2.75) is 6.18 Å². The second kappa shape index (κ2) is 8.01. The van der Waals surface area contributed by atoms with Crippen LogP contribution in [0.3, 0.4) is 0 Å². The molecule has 0 unspecified atom stereocenters. The van der Waals surface area contributed by atoms with Gasteiger partial charge < -0.3 is 15.1 Å². The fourth-order valence-corrected chi connectivity index (χ4v) is 2.92. The van der Waals surface area contributed by atoms with Gasteiger partial charge in [0.15, 0.2) is 0 Å². The molecule has 7 nitrogen and oxygen atoms in total. The molecule has 1 N–H and O–H groups in total. The summed E-state index contributed by atoms with van der Waals surface area (Å²) < 4.78 is 39.3. The van der Waals surface area contributed by atoms with Crippen LogP contribution in [0.5, 0.6) is 0 Å². The predicted molar refractivity (Wildman–Crippen MR) is 95.9 cm³/mol. The molecule has 1 aromatic heterocycles. The highest BCUT2D eigenvalue weighted by molar-refractivity contribution is 6.39. The molecule has 0 atom stereocenters. The second-order valence-electron chi connectivity index (χ2n) is 5.97. The third kappa shape index (κ3) is 4.50. The van der Waals surface area contributed by atoms with Crippen molar-refractivity contribution in [3.63, 3.8) is 0 Å². The molecule has 148 valence electrons. The third-order valence-electron chi connectivity index (χ3n) is 4.13. The fourth-order valence-electron chi connectivity index (χ4n) is 2.74. The van der Waals surface area contributed by atoms with Crippen molar-refractivity contribution in [2.24, 2.45) is 0 Å². The molecule has 0 saturated carbocycles. The number of amides is 2. The highest BCUT2D eigenvalue weighted by Gasteiger charge is 2.35. The Kier molecular flexibility index (Phi) is 5.68. The number of hydrogen-bond donors (Lipinski definition) is 1. The largest absolute Gasteiger partial charge is 0.418 e. The van der Waals surface area contributed by atoms with Crippen LogP contribution in [0.4, 0.5) is 24.8 Å². The Labute approximate surface area is 163 Å². The average Bonchev–Trinajstić information content (AvgIpc) is 2.68. The first-order chi connectivity index (χ1) is 13.3. The topological polar surface area (TPSA) is 78.4 Å². The maximum atomic E-state index is 13.1. The van der Waals surface area contributed by atoms with Crippen molar-refractivity contribution in [3.05, 3.63) is 47.2 Å². The third-order valence-corrected chi connectivity index (χ3v) is 4.37. The van der Waals surface area contributed by atoms with Gasteiger partial charge in [-0.1, -0.05) is 11.6 Å². The van der Waals surface area contributed by atoms with Crippen molar-refractivity contribution >= 4 is 35.1 Å². The van der Waals surface area contributed by atoms with Crippen LogP contribution in [0, 0.1) is 0 Å². The molecular weight excluding hydrogens is 399 g/mol. The molecule has 0 spiro atoms. The van der Waals surface area contributed by atoms with Crippen LogP contribution in [0.2, 0.25) is 5.02 Å². The van der Waals surface area contributed by atoms with E-state index in [0.717, 1.165) is 6.07 Å². The Morgan fingerprint density at radius 3 is 2.32 bits per heavy atom. The van der Waals surface area contributed by atoms with Crippen LogP contribution in [-0.2, 0) is 15.8 Å². The number of piperazine rings is 1. The number of carbonyl (C=O) groups excluding carboxylic acids is 2. The number of alkyl halides is 3. The van der Waals surface area contributed by atoms with Gasteiger partial charge in [0.25, 0.3) is 0 Å². The van der Waals surface area contributed by atoms with Crippen molar-refractivity contribution < 1.29 is 22.8 Å². The number of benzene rings is 1. The predicted octanol–water partition coefficient (Wildman–Crippen LogP) is 2.44. The molecule has 2 amide bonds. The first kappa shape index (κ1) is 19.9. The zero-order chi connectivity index (χ0) is 20.3. The van der Waals surface area contributed by atoms with Gasteiger partial charge in [-0.25, -0.2) is 9.97 Å². The van der Waals surface area contributed by atoms with E-state index < -0.39 is 29.2 Å². The SMILES string of the molecule is O=C(Nc1ccc(Cl)cc1C(F)(F)F)C(=O)N1CCN(c2ncccn2)CC1. The zero-order valence-electron chi connectivity index (χ0n) is 14.4. The molecule has 1 fully saturated rings. The van der Waals surface area contributed by atoms with Crippen LogP contribution in [0.1, 0.15) is 5.56 Å². The van der Waals surface area contributed by atoms with E-state index in [9.17, 15) is 22.8 Å². The summed E-state index contributed by atoms with van der Waals surface area (Å²) in [5.41, 5.74) is -1.64. The van der Waals surface area contributed by atoms with Crippen molar-refractivity contribution in [1.29, 1.82) is 0 Å². The lowest BCUT2D eigenvalue weighted by Crippen LogP contribution is -2.52. The molecule has 28 heavy (non-hydrogen) atoms. The van der Waals surface area contributed by atoms with E-state index in [1.165, 1.54) is 11.0 Å². The minimum atomic E-state index is -4.72. The van der Waals surface area contributed by atoms with Gasteiger partial charge in [0.05, 0.1) is 11.3 Å². The van der Waals surface area contributed by atoms with Crippen LogP contribution in [0.25, 0.3) is 0 Å². The van der Waals surface area contributed by atoms with E-state index in [2.05, 4.69) is 9.97 Å². The van der Waals surface area contributed by atoms with Gasteiger partial charge in [-0.05, 0) is 24.3 Å². The van der Waals surface area contributed by atoms with Gasteiger partial charge in [0, 0.05) is 43.6 Å². The monoisotopic (exact) mass is 413 g/mol. The maximum Gasteiger partial charge on any atom is 0.418 e. The van der Waals surface area contributed by atoms with E-state index in [-0.39, 0.29) is 18.1 Å². The molecule has 11 heteroatoms. The van der Waals surface area contributed by atoms with E-state index >= 15 is 0 Å². The summed E-state index contributed by atoms with van der Waals surface area (Å²) in [6, 6.07) is 4.59. The summed E-state index contributed by atoms with van der Waals surface area (Å²) in [5, 5.41) is 1.91. The Hall–Kier alpha value is -2.88. The first-order valence-electron chi connectivity index (χ1n) is 8.24. The molecule has 1 aromatic carbocycles. The Balaban J connectivity index is 1.64. The lowest BCUT2D eigenvalue weighted by molar-refractivity contribution is -0.143. The number of carbonyl (C=O) groups is 2. The summed E-state index contributed by atoms with van der Waals surface area (Å²) in [7, 11) is 0. The maximum absolute atomic E-state index is 13.1. The van der Waals surface area contributed by atoms with Crippen LogP contribution < -0.4 is 10.2 Å².